The van der Waals surface area contributed by atoms with Gasteiger partial charge in [0, 0.05) is 20.1 Å². The van der Waals surface area contributed by atoms with E-state index in [0.29, 0.717) is 49.0 Å². The SMILES string of the molecule is COCCC(C)(O)CC[C@@H](C)[C@H]1CC[C@H]2[C@@H]3CC=C4C[C@](O)(C(F)(F)F)CC[C@]4(C)[C@H]3CC[C@]12C. The van der Waals surface area contributed by atoms with Crippen molar-refractivity contribution in [1.82, 2.24) is 0 Å². The van der Waals surface area contributed by atoms with Gasteiger partial charge in [0.1, 0.15) is 0 Å². The molecule has 0 aromatic carbocycles. The highest BCUT2D eigenvalue weighted by Gasteiger charge is 2.63. The molecule has 4 aliphatic carbocycles. The minimum atomic E-state index is -4.57. The lowest BCUT2D eigenvalue weighted by atomic mass is 9.46. The predicted octanol–water partition coefficient (Wildman–Crippen LogP) is 7.06. The molecule has 0 spiro atoms. The largest absolute Gasteiger partial charge is 0.417 e. The van der Waals surface area contributed by atoms with Crippen LogP contribution in [0, 0.1) is 40.4 Å². The second kappa shape index (κ2) is 9.31. The van der Waals surface area contributed by atoms with E-state index in [-0.39, 0.29) is 23.7 Å². The minimum Gasteiger partial charge on any atom is -0.390 e. The van der Waals surface area contributed by atoms with Crippen LogP contribution in [0.3, 0.4) is 0 Å². The molecule has 0 aromatic rings. The zero-order valence-corrected chi connectivity index (χ0v) is 22.4. The second-order valence-electron chi connectivity index (χ2n) is 13.4. The Morgan fingerprint density at radius 3 is 2.46 bits per heavy atom. The Morgan fingerprint density at radius 2 is 1.80 bits per heavy atom. The van der Waals surface area contributed by atoms with Crippen molar-refractivity contribution in [2.24, 2.45) is 40.4 Å². The van der Waals surface area contributed by atoms with Gasteiger partial charge in [-0.05, 0) is 112 Å². The molecule has 4 aliphatic rings. The number of methoxy groups -OCH3 is 1. The topological polar surface area (TPSA) is 49.7 Å². The fourth-order valence-electron chi connectivity index (χ4n) is 9.05. The van der Waals surface area contributed by atoms with Crippen LogP contribution < -0.4 is 0 Å². The van der Waals surface area contributed by atoms with Crippen LogP contribution in [0.4, 0.5) is 13.2 Å². The summed E-state index contributed by atoms with van der Waals surface area (Å²) in [5.74, 6) is 2.73. The number of ether oxygens (including phenoxy) is 1. The molecular formula is C29H47F3O3. The van der Waals surface area contributed by atoms with E-state index in [9.17, 15) is 23.4 Å². The van der Waals surface area contributed by atoms with Crippen molar-refractivity contribution in [2.75, 3.05) is 13.7 Å². The van der Waals surface area contributed by atoms with Gasteiger partial charge >= 0.3 is 6.18 Å². The van der Waals surface area contributed by atoms with Crippen LogP contribution in [0.15, 0.2) is 11.6 Å². The highest BCUT2D eigenvalue weighted by molar-refractivity contribution is 5.28. The molecule has 0 aliphatic heterocycles. The molecule has 35 heavy (non-hydrogen) atoms. The Balaban J connectivity index is 1.47. The van der Waals surface area contributed by atoms with Crippen LogP contribution in [0.25, 0.3) is 0 Å². The second-order valence-corrected chi connectivity index (χ2v) is 13.4. The zero-order chi connectivity index (χ0) is 25.9. The van der Waals surface area contributed by atoms with E-state index in [1.54, 1.807) is 7.11 Å². The molecule has 0 saturated heterocycles. The number of hydrogen-bond acceptors (Lipinski definition) is 3. The van der Waals surface area contributed by atoms with Gasteiger partial charge in [-0.2, -0.15) is 13.2 Å². The summed E-state index contributed by atoms with van der Waals surface area (Å²) < 4.78 is 45.9. The first-order valence-corrected chi connectivity index (χ1v) is 13.9. The van der Waals surface area contributed by atoms with Gasteiger partial charge in [0.05, 0.1) is 5.60 Å². The first-order chi connectivity index (χ1) is 16.2. The molecule has 202 valence electrons. The number of aliphatic hydroxyl groups is 2. The van der Waals surface area contributed by atoms with Crippen molar-refractivity contribution in [1.29, 1.82) is 0 Å². The number of allylic oxidation sites excluding steroid dienone is 1. The molecule has 6 heteroatoms. The van der Waals surface area contributed by atoms with Crippen LogP contribution in [0.5, 0.6) is 0 Å². The van der Waals surface area contributed by atoms with Crippen molar-refractivity contribution in [3.63, 3.8) is 0 Å². The molecule has 0 heterocycles. The maximum absolute atomic E-state index is 13.6. The lowest BCUT2D eigenvalue weighted by molar-refractivity contribution is -0.271. The minimum absolute atomic E-state index is 0.182. The van der Waals surface area contributed by atoms with E-state index >= 15 is 0 Å². The van der Waals surface area contributed by atoms with Gasteiger partial charge in [0.2, 0.25) is 0 Å². The van der Waals surface area contributed by atoms with Gasteiger partial charge in [0.15, 0.2) is 5.60 Å². The van der Waals surface area contributed by atoms with Gasteiger partial charge in [-0.25, -0.2) is 0 Å². The van der Waals surface area contributed by atoms with Crippen LogP contribution in [0.1, 0.15) is 98.3 Å². The molecule has 0 bridgehead atoms. The van der Waals surface area contributed by atoms with Gasteiger partial charge in [-0.3, -0.25) is 0 Å². The number of hydrogen-bond donors (Lipinski definition) is 2. The highest BCUT2D eigenvalue weighted by atomic mass is 19.4. The van der Waals surface area contributed by atoms with E-state index in [1.807, 2.05) is 6.92 Å². The summed E-state index contributed by atoms with van der Waals surface area (Å²) in [7, 11) is 1.67. The zero-order valence-electron chi connectivity index (χ0n) is 22.4. The Bertz CT molecular complexity index is 807. The molecule has 1 unspecified atom stereocenters. The molecule has 0 amide bonds. The van der Waals surface area contributed by atoms with Gasteiger partial charge < -0.3 is 14.9 Å². The molecule has 0 radical (unpaired) electrons. The Morgan fingerprint density at radius 1 is 1.09 bits per heavy atom. The molecule has 9 atom stereocenters. The number of rotatable bonds is 7. The van der Waals surface area contributed by atoms with Crippen LogP contribution >= 0.6 is 0 Å². The molecule has 3 nitrogen and oxygen atoms in total. The first-order valence-electron chi connectivity index (χ1n) is 13.9. The number of fused-ring (bicyclic) bond motifs is 5. The van der Waals surface area contributed by atoms with E-state index in [2.05, 4.69) is 26.8 Å². The lowest BCUT2D eigenvalue weighted by Crippen LogP contribution is -2.55. The average molecular weight is 501 g/mol. The summed E-state index contributed by atoms with van der Waals surface area (Å²) in [6.45, 7) is 9.51. The molecule has 0 aromatic heterocycles. The molecular weight excluding hydrogens is 453 g/mol. The van der Waals surface area contributed by atoms with E-state index < -0.39 is 17.4 Å². The van der Waals surface area contributed by atoms with Crippen LogP contribution in [-0.4, -0.2) is 41.3 Å². The summed E-state index contributed by atoms with van der Waals surface area (Å²) >= 11 is 0. The van der Waals surface area contributed by atoms with Crippen molar-refractivity contribution < 1.29 is 28.1 Å². The third-order valence-corrected chi connectivity index (χ3v) is 11.4. The Labute approximate surface area is 209 Å². The molecule has 3 saturated carbocycles. The standard InChI is InChI=1S/C29H47F3O3/c1-19(10-12-25(2,33)16-17-35-5)22-8-9-23-21-7-6-20-18-28(34,29(30,31)32)15-14-26(20,3)24(21)11-13-27(22,23)4/h6,19,21-24,33-34H,7-18H2,1-5H3/t19-,21+,22-,23+,24+,25?,26+,27-,28+/m1/s1. The average Bonchev–Trinajstić information content (AvgIpc) is 3.13. The van der Waals surface area contributed by atoms with E-state index in [0.717, 1.165) is 37.7 Å². The van der Waals surface area contributed by atoms with Crippen molar-refractivity contribution in [3.8, 4) is 0 Å². The van der Waals surface area contributed by atoms with E-state index in [1.165, 1.54) is 12.8 Å². The summed E-state index contributed by atoms with van der Waals surface area (Å²) in [6.07, 6.45) is 5.46. The smallest absolute Gasteiger partial charge is 0.390 e. The quantitative estimate of drug-likeness (QED) is 0.368. The fraction of sp³-hybridized carbons (Fsp3) is 0.931. The summed E-state index contributed by atoms with van der Waals surface area (Å²) in [5.41, 5.74) is -2.35. The van der Waals surface area contributed by atoms with Gasteiger partial charge in [0.25, 0.3) is 0 Å². The third-order valence-electron chi connectivity index (χ3n) is 11.4. The molecule has 4 rings (SSSR count). The predicted molar refractivity (Wildman–Crippen MR) is 132 cm³/mol. The Kier molecular flexibility index (Phi) is 7.30. The van der Waals surface area contributed by atoms with Gasteiger partial charge in [-0.1, -0.05) is 32.4 Å². The maximum Gasteiger partial charge on any atom is 0.417 e. The van der Waals surface area contributed by atoms with Crippen molar-refractivity contribution in [3.05, 3.63) is 11.6 Å². The number of halogens is 3. The van der Waals surface area contributed by atoms with Crippen LogP contribution in [0.2, 0.25) is 0 Å². The summed E-state index contributed by atoms with van der Waals surface area (Å²) in [6, 6.07) is 0. The monoisotopic (exact) mass is 500 g/mol. The van der Waals surface area contributed by atoms with Crippen molar-refractivity contribution >= 4 is 0 Å². The fourth-order valence-corrected chi connectivity index (χ4v) is 9.05. The highest BCUT2D eigenvalue weighted by Crippen LogP contribution is 2.68. The summed E-state index contributed by atoms with van der Waals surface area (Å²) in [4.78, 5) is 0. The van der Waals surface area contributed by atoms with Crippen LogP contribution in [-0.2, 0) is 4.74 Å². The molecule has 3 fully saturated rings. The van der Waals surface area contributed by atoms with Crippen molar-refractivity contribution in [2.45, 2.75) is 116 Å². The summed E-state index contributed by atoms with van der Waals surface area (Å²) in [5, 5.41) is 21.1. The Hall–Kier alpha value is -0.590. The normalized spacial score (nSPS) is 44.0. The number of alkyl halides is 3. The maximum atomic E-state index is 13.6. The third kappa shape index (κ3) is 4.74. The van der Waals surface area contributed by atoms with Gasteiger partial charge in [-0.15, -0.1) is 0 Å². The molecule has 2 N–H and O–H groups in total. The van der Waals surface area contributed by atoms with E-state index in [4.69, 9.17) is 4.74 Å². The first kappa shape index (κ1) is 27.4. The lowest BCUT2D eigenvalue weighted by Gasteiger charge is -2.59.